The highest BCUT2D eigenvalue weighted by Crippen LogP contribution is 2.31. The van der Waals surface area contributed by atoms with Crippen molar-refractivity contribution in [1.82, 2.24) is 4.57 Å². The lowest BCUT2D eigenvalue weighted by Gasteiger charge is -2.36. The van der Waals surface area contributed by atoms with Crippen LogP contribution < -0.4 is 9.80 Å². The van der Waals surface area contributed by atoms with Crippen molar-refractivity contribution in [2.45, 2.75) is 13.8 Å². The topological polar surface area (TPSA) is 45.6 Å². The van der Waals surface area contributed by atoms with Crippen LogP contribution in [0.4, 0.5) is 11.4 Å². The number of benzene rings is 4. The number of carbonyl (C=O) groups excluding carboxylic acids is 2. The first kappa shape index (κ1) is 26.2. The molecule has 0 aliphatic carbocycles. The first-order valence-electron chi connectivity index (χ1n) is 13.3. The van der Waals surface area contributed by atoms with Crippen molar-refractivity contribution in [3.8, 4) is 16.8 Å². The van der Waals surface area contributed by atoms with E-state index in [0.717, 1.165) is 33.8 Å². The zero-order valence-corrected chi connectivity index (χ0v) is 23.5. The molecule has 0 N–H and O–H groups in total. The Labute approximate surface area is 244 Å². The van der Waals surface area contributed by atoms with Crippen LogP contribution in [-0.2, 0) is 9.59 Å². The van der Waals surface area contributed by atoms with E-state index in [9.17, 15) is 9.59 Å². The molecule has 0 saturated carbocycles. The lowest BCUT2D eigenvalue weighted by Crippen LogP contribution is -2.56. The van der Waals surface area contributed by atoms with E-state index < -0.39 is 11.8 Å². The highest BCUT2D eigenvalue weighted by Gasteiger charge is 2.41. The van der Waals surface area contributed by atoms with Gasteiger partial charge >= 0.3 is 0 Å². The van der Waals surface area contributed by atoms with Crippen molar-refractivity contribution >= 4 is 46.6 Å². The highest BCUT2D eigenvalue weighted by molar-refractivity contribution is 7.81. The molecule has 2 heterocycles. The summed E-state index contributed by atoms with van der Waals surface area (Å²) in [6.07, 6.45) is 1.69. The lowest BCUT2D eigenvalue weighted by molar-refractivity contribution is -0.120. The van der Waals surface area contributed by atoms with Crippen molar-refractivity contribution in [3.05, 3.63) is 144 Å². The Hall–Kier alpha value is -5.07. The second kappa shape index (κ2) is 10.8. The van der Waals surface area contributed by atoms with Gasteiger partial charge in [0.25, 0.3) is 11.8 Å². The first-order valence-corrected chi connectivity index (χ1v) is 13.7. The van der Waals surface area contributed by atoms with E-state index in [1.807, 2.05) is 98.8 Å². The number of rotatable bonds is 5. The van der Waals surface area contributed by atoms with E-state index in [2.05, 4.69) is 41.0 Å². The van der Waals surface area contributed by atoms with Crippen molar-refractivity contribution in [2.24, 2.45) is 0 Å². The molecule has 1 fully saturated rings. The monoisotopic (exact) mass is 553 g/mol. The summed E-state index contributed by atoms with van der Waals surface area (Å²) in [6, 6.07) is 39.0. The van der Waals surface area contributed by atoms with Gasteiger partial charge in [0.05, 0.1) is 11.4 Å². The third-order valence-electron chi connectivity index (χ3n) is 7.28. The number of para-hydroxylation sites is 2. The first-order chi connectivity index (χ1) is 19.9. The summed E-state index contributed by atoms with van der Waals surface area (Å²) in [7, 11) is 0. The molecule has 6 heteroatoms. The third kappa shape index (κ3) is 4.79. The number of aryl methyl sites for hydroxylation is 1. The number of thiocarbonyl (C=S) groups is 1. The van der Waals surface area contributed by atoms with Crippen LogP contribution in [0.2, 0.25) is 0 Å². The van der Waals surface area contributed by atoms with Gasteiger partial charge in [0, 0.05) is 17.1 Å². The Morgan fingerprint density at radius 3 is 1.56 bits per heavy atom. The van der Waals surface area contributed by atoms with Gasteiger partial charge in [-0.2, -0.15) is 0 Å². The largest absolute Gasteiger partial charge is 0.318 e. The summed E-state index contributed by atoms with van der Waals surface area (Å²) in [5.41, 5.74) is 7.26. The Morgan fingerprint density at radius 2 is 1.05 bits per heavy atom. The molecule has 41 heavy (non-hydrogen) atoms. The molecule has 0 bridgehead atoms. The molecule has 2 amide bonds. The van der Waals surface area contributed by atoms with Crippen LogP contribution in [0.15, 0.2) is 127 Å². The molecule has 4 aromatic carbocycles. The smallest absolute Gasteiger partial charge is 0.270 e. The van der Waals surface area contributed by atoms with Gasteiger partial charge < -0.3 is 4.57 Å². The van der Waals surface area contributed by atoms with Gasteiger partial charge in [0.1, 0.15) is 5.57 Å². The van der Waals surface area contributed by atoms with Crippen LogP contribution in [0.25, 0.3) is 22.9 Å². The molecule has 1 saturated heterocycles. The fourth-order valence-electron chi connectivity index (χ4n) is 5.26. The lowest BCUT2D eigenvalue weighted by atomic mass is 10.0. The number of hydrogen-bond acceptors (Lipinski definition) is 3. The second-order valence-corrected chi connectivity index (χ2v) is 10.2. The van der Waals surface area contributed by atoms with Crippen molar-refractivity contribution in [1.29, 1.82) is 0 Å². The maximum absolute atomic E-state index is 13.9. The SMILES string of the molecule is Cc1cc(C=C2C(=O)N(c3ccccc3)C(=S)N(c3ccccc3)C2=O)c(C)n1-c1ccc(-c2ccccc2)cc1. The normalized spacial score (nSPS) is 13.6. The summed E-state index contributed by atoms with van der Waals surface area (Å²) in [6.45, 7) is 4.02. The van der Waals surface area contributed by atoms with Gasteiger partial charge in [-0.25, -0.2) is 0 Å². The van der Waals surface area contributed by atoms with Gasteiger partial charge in [-0.15, -0.1) is 0 Å². The van der Waals surface area contributed by atoms with Crippen molar-refractivity contribution in [2.75, 3.05) is 9.80 Å². The average molecular weight is 554 g/mol. The van der Waals surface area contributed by atoms with Crippen molar-refractivity contribution in [3.63, 3.8) is 0 Å². The number of anilines is 2. The standard InChI is InChI=1S/C35H27N3O2S/c1-24-22-28(25(2)36(24)31-20-18-27(19-21-31)26-12-6-3-7-13-26)23-32-33(39)37(29-14-8-4-9-15-29)35(41)38(34(32)40)30-16-10-5-11-17-30/h3-23H,1-2H3. The molecule has 0 unspecified atom stereocenters. The molecule has 200 valence electrons. The Bertz CT molecular complexity index is 1730. The second-order valence-electron chi connectivity index (χ2n) is 9.87. The number of hydrogen-bond donors (Lipinski definition) is 0. The third-order valence-corrected chi connectivity index (χ3v) is 7.65. The summed E-state index contributed by atoms with van der Waals surface area (Å²) < 4.78 is 2.13. The van der Waals surface area contributed by atoms with Crippen LogP contribution in [-0.4, -0.2) is 21.5 Å². The molecule has 5 aromatic rings. The number of amides is 2. The van der Waals surface area contributed by atoms with Crippen LogP contribution in [0.3, 0.4) is 0 Å². The minimum Gasteiger partial charge on any atom is -0.318 e. The summed E-state index contributed by atoms with van der Waals surface area (Å²) in [5.74, 6) is -0.897. The quantitative estimate of drug-likeness (QED) is 0.129. The fourth-order valence-corrected chi connectivity index (χ4v) is 5.64. The molecule has 0 atom stereocenters. The van der Waals surface area contributed by atoms with Crippen LogP contribution in [0, 0.1) is 13.8 Å². The van der Waals surface area contributed by atoms with Crippen molar-refractivity contribution < 1.29 is 9.59 Å². The van der Waals surface area contributed by atoms with Gasteiger partial charge in [-0.05, 0) is 91.3 Å². The van der Waals surface area contributed by atoms with Crippen LogP contribution in [0.5, 0.6) is 0 Å². The van der Waals surface area contributed by atoms with E-state index in [4.69, 9.17) is 12.2 Å². The molecule has 1 aromatic heterocycles. The van der Waals surface area contributed by atoms with Crippen LogP contribution in [0.1, 0.15) is 17.0 Å². The van der Waals surface area contributed by atoms with E-state index in [-0.39, 0.29) is 10.7 Å². The number of carbonyl (C=O) groups is 2. The summed E-state index contributed by atoms with van der Waals surface area (Å²) >= 11 is 5.72. The molecule has 5 nitrogen and oxygen atoms in total. The van der Waals surface area contributed by atoms with Gasteiger partial charge in [0.15, 0.2) is 5.11 Å². The molecule has 1 aliphatic heterocycles. The molecule has 1 aliphatic rings. The summed E-state index contributed by atoms with van der Waals surface area (Å²) in [4.78, 5) is 30.6. The molecular formula is C35H27N3O2S. The summed E-state index contributed by atoms with van der Waals surface area (Å²) in [5, 5.41) is 0.124. The maximum Gasteiger partial charge on any atom is 0.270 e. The minimum atomic E-state index is -0.449. The Kier molecular flexibility index (Phi) is 6.91. The van der Waals surface area contributed by atoms with Gasteiger partial charge in [-0.1, -0.05) is 78.9 Å². The van der Waals surface area contributed by atoms with E-state index >= 15 is 0 Å². The highest BCUT2D eigenvalue weighted by atomic mass is 32.1. The Balaban J connectivity index is 1.42. The zero-order valence-electron chi connectivity index (χ0n) is 22.7. The molecular weight excluding hydrogens is 526 g/mol. The molecule has 6 rings (SSSR count). The number of aromatic nitrogens is 1. The Morgan fingerprint density at radius 1 is 0.585 bits per heavy atom. The maximum atomic E-state index is 13.9. The predicted octanol–water partition coefficient (Wildman–Crippen LogP) is 7.51. The average Bonchev–Trinajstić information content (AvgIpc) is 3.29. The van der Waals surface area contributed by atoms with E-state index in [1.54, 1.807) is 6.08 Å². The van der Waals surface area contributed by atoms with E-state index in [1.165, 1.54) is 9.80 Å². The zero-order chi connectivity index (χ0) is 28.5. The van der Waals surface area contributed by atoms with Gasteiger partial charge in [-0.3, -0.25) is 19.4 Å². The van der Waals surface area contributed by atoms with E-state index in [0.29, 0.717) is 11.4 Å². The van der Waals surface area contributed by atoms with Gasteiger partial charge in [0.2, 0.25) is 0 Å². The minimum absolute atomic E-state index is 0.0472. The van der Waals surface area contributed by atoms with Crippen LogP contribution >= 0.6 is 12.2 Å². The molecule has 0 spiro atoms. The fraction of sp³-hybridized carbons (Fsp3) is 0.0571. The molecule has 0 radical (unpaired) electrons. The number of nitrogens with zero attached hydrogens (tertiary/aromatic N) is 3. The predicted molar refractivity (Wildman–Crippen MR) is 169 cm³/mol.